The zero-order valence-corrected chi connectivity index (χ0v) is 12.8. The first-order valence-corrected chi connectivity index (χ1v) is 7.91. The summed E-state index contributed by atoms with van der Waals surface area (Å²) in [6.45, 7) is 6.61. The number of rotatable bonds is 3. The van der Waals surface area contributed by atoms with Gasteiger partial charge in [0.15, 0.2) is 0 Å². The minimum Gasteiger partial charge on any atom is -0.367 e. The minimum atomic E-state index is 0.445. The summed E-state index contributed by atoms with van der Waals surface area (Å²) in [5.41, 5.74) is 3.51. The summed E-state index contributed by atoms with van der Waals surface area (Å²) < 4.78 is 2.28. The Hall–Kier alpha value is -1.51. The van der Waals surface area contributed by atoms with E-state index in [1.807, 2.05) is 0 Å². The highest BCUT2D eigenvalue weighted by atomic mass is 15.2. The van der Waals surface area contributed by atoms with Crippen LogP contribution < -0.4 is 5.32 Å². The molecule has 108 valence electrons. The Kier molecular flexibility index (Phi) is 3.68. The van der Waals surface area contributed by atoms with Crippen molar-refractivity contribution in [2.24, 2.45) is 0 Å². The maximum Gasteiger partial charge on any atom is 0.138 e. The van der Waals surface area contributed by atoms with Gasteiger partial charge in [-0.25, -0.2) is 4.98 Å². The van der Waals surface area contributed by atoms with E-state index in [0.29, 0.717) is 12.0 Å². The lowest BCUT2D eigenvalue weighted by Gasteiger charge is -2.24. The molecule has 0 aromatic carbocycles. The van der Waals surface area contributed by atoms with Crippen molar-refractivity contribution in [1.82, 2.24) is 9.38 Å². The molecule has 2 aromatic rings. The zero-order chi connectivity index (χ0) is 14.1. The first-order chi connectivity index (χ1) is 9.66. The van der Waals surface area contributed by atoms with E-state index in [9.17, 15) is 0 Å². The molecule has 0 atom stereocenters. The number of anilines is 1. The summed E-state index contributed by atoms with van der Waals surface area (Å²) >= 11 is 0. The summed E-state index contributed by atoms with van der Waals surface area (Å²) in [7, 11) is 0. The van der Waals surface area contributed by atoms with Crippen molar-refractivity contribution >= 4 is 11.5 Å². The van der Waals surface area contributed by atoms with E-state index in [2.05, 4.69) is 48.7 Å². The lowest BCUT2D eigenvalue weighted by atomic mass is 9.95. The third-order valence-electron chi connectivity index (χ3n) is 4.36. The summed E-state index contributed by atoms with van der Waals surface area (Å²) in [6.07, 6.45) is 6.67. The molecule has 2 aromatic heterocycles. The maximum absolute atomic E-state index is 4.84. The van der Waals surface area contributed by atoms with Gasteiger partial charge in [0.2, 0.25) is 0 Å². The topological polar surface area (TPSA) is 29.3 Å². The van der Waals surface area contributed by atoms with Crippen LogP contribution in [0.5, 0.6) is 0 Å². The van der Waals surface area contributed by atoms with Gasteiger partial charge in [0, 0.05) is 11.7 Å². The molecule has 3 nitrogen and oxygen atoms in total. The van der Waals surface area contributed by atoms with Crippen molar-refractivity contribution < 1.29 is 0 Å². The molecular weight excluding hydrogens is 246 g/mol. The number of fused-ring (bicyclic) bond motifs is 1. The molecule has 3 rings (SSSR count). The molecule has 0 unspecified atom stereocenters. The molecule has 0 radical (unpaired) electrons. The highest BCUT2D eigenvalue weighted by molar-refractivity contribution is 5.58. The molecule has 0 spiro atoms. The van der Waals surface area contributed by atoms with Crippen LogP contribution in [0.4, 0.5) is 5.82 Å². The Morgan fingerprint density at radius 1 is 1.20 bits per heavy atom. The molecule has 1 aliphatic carbocycles. The van der Waals surface area contributed by atoms with Gasteiger partial charge in [-0.2, -0.15) is 0 Å². The quantitative estimate of drug-likeness (QED) is 0.890. The monoisotopic (exact) mass is 271 g/mol. The van der Waals surface area contributed by atoms with Crippen LogP contribution in [-0.2, 0) is 0 Å². The summed E-state index contributed by atoms with van der Waals surface area (Å²) in [4.78, 5) is 4.84. The second kappa shape index (κ2) is 5.47. The van der Waals surface area contributed by atoms with Crippen molar-refractivity contribution in [3.8, 4) is 0 Å². The third-order valence-corrected chi connectivity index (χ3v) is 4.36. The van der Waals surface area contributed by atoms with Crippen LogP contribution in [0.25, 0.3) is 5.65 Å². The lowest BCUT2D eigenvalue weighted by molar-refractivity contribution is 0.461. The van der Waals surface area contributed by atoms with Crippen molar-refractivity contribution in [1.29, 1.82) is 0 Å². The fourth-order valence-electron chi connectivity index (χ4n) is 3.25. The highest BCUT2D eigenvalue weighted by Crippen LogP contribution is 2.29. The maximum atomic E-state index is 4.84. The highest BCUT2D eigenvalue weighted by Gasteiger charge is 2.20. The SMILES string of the molecule is Cc1cccc2nc(C(C)C)c(NC3CCCCC3)n12. The van der Waals surface area contributed by atoms with Crippen molar-refractivity contribution in [3.63, 3.8) is 0 Å². The van der Waals surface area contributed by atoms with Gasteiger partial charge in [0.05, 0.1) is 5.69 Å². The third kappa shape index (κ3) is 2.41. The fraction of sp³-hybridized carbons (Fsp3) is 0.588. The van der Waals surface area contributed by atoms with Crippen LogP contribution in [0.15, 0.2) is 18.2 Å². The molecule has 0 aliphatic heterocycles. The number of imidazole rings is 1. The molecule has 1 aliphatic rings. The van der Waals surface area contributed by atoms with Crippen molar-refractivity contribution in [3.05, 3.63) is 29.6 Å². The van der Waals surface area contributed by atoms with Crippen LogP contribution in [-0.4, -0.2) is 15.4 Å². The molecular formula is C17H25N3. The van der Waals surface area contributed by atoms with Gasteiger partial charge in [-0.05, 0) is 37.8 Å². The van der Waals surface area contributed by atoms with Crippen LogP contribution in [0.2, 0.25) is 0 Å². The van der Waals surface area contributed by atoms with Gasteiger partial charge >= 0.3 is 0 Å². The van der Waals surface area contributed by atoms with E-state index < -0.39 is 0 Å². The number of hydrogen-bond donors (Lipinski definition) is 1. The Morgan fingerprint density at radius 3 is 2.65 bits per heavy atom. The van der Waals surface area contributed by atoms with Crippen molar-refractivity contribution in [2.75, 3.05) is 5.32 Å². The second-order valence-corrected chi connectivity index (χ2v) is 6.34. The van der Waals surface area contributed by atoms with E-state index in [1.165, 1.54) is 49.3 Å². The molecule has 3 heteroatoms. The molecule has 2 heterocycles. The second-order valence-electron chi connectivity index (χ2n) is 6.34. The van der Waals surface area contributed by atoms with Crippen LogP contribution >= 0.6 is 0 Å². The standard InChI is InChI=1S/C17H25N3/c1-12(2)16-17(18-14-9-5-4-6-10-14)20-13(3)8-7-11-15(20)19-16/h7-8,11-12,14,18H,4-6,9-10H2,1-3H3. The van der Waals surface area contributed by atoms with E-state index in [-0.39, 0.29) is 0 Å². The molecule has 0 bridgehead atoms. The van der Waals surface area contributed by atoms with Crippen LogP contribution in [0.1, 0.15) is 63.3 Å². The Labute approximate surface area is 121 Å². The first kappa shape index (κ1) is 13.5. The molecule has 1 saturated carbocycles. The summed E-state index contributed by atoms with van der Waals surface area (Å²) in [6, 6.07) is 6.96. The number of aryl methyl sites for hydroxylation is 1. The Morgan fingerprint density at radius 2 is 1.95 bits per heavy atom. The number of nitrogens with zero attached hydrogens (tertiary/aromatic N) is 2. The van der Waals surface area contributed by atoms with E-state index in [4.69, 9.17) is 4.98 Å². The van der Waals surface area contributed by atoms with Crippen LogP contribution in [0, 0.1) is 6.92 Å². The molecule has 1 N–H and O–H groups in total. The Bertz CT molecular complexity index is 592. The predicted octanol–water partition coefficient (Wildman–Crippen LogP) is 4.51. The van der Waals surface area contributed by atoms with Crippen LogP contribution in [0.3, 0.4) is 0 Å². The number of hydrogen-bond acceptors (Lipinski definition) is 2. The average molecular weight is 271 g/mol. The lowest BCUT2D eigenvalue weighted by Crippen LogP contribution is -2.24. The fourth-order valence-corrected chi connectivity index (χ4v) is 3.25. The van der Waals surface area contributed by atoms with E-state index in [1.54, 1.807) is 0 Å². The summed E-state index contributed by atoms with van der Waals surface area (Å²) in [5, 5.41) is 3.80. The first-order valence-electron chi connectivity index (χ1n) is 7.91. The molecule has 0 amide bonds. The summed E-state index contributed by atoms with van der Waals surface area (Å²) in [5.74, 6) is 1.67. The molecule has 1 fully saturated rings. The Balaban J connectivity index is 2.03. The predicted molar refractivity (Wildman–Crippen MR) is 84.5 cm³/mol. The van der Waals surface area contributed by atoms with Crippen molar-refractivity contribution in [2.45, 2.75) is 64.8 Å². The largest absolute Gasteiger partial charge is 0.367 e. The number of pyridine rings is 1. The average Bonchev–Trinajstić information content (AvgIpc) is 2.80. The zero-order valence-electron chi connectivity index (χ0n) is 12.8. The van der Waals surface area contributed by atoms with Gasteiger partial charge in [-0.1, -0.05) is 39.2 Å². The molecule has 0 saturated heterocycles. The van der Waals surface area contributed by atoms with Gasteiger partial charge in [-0.3, -0.25) is 4.40 Å². The van der Waals surface area contributed by atoms with E-state index in [0.717, 1.165) is 5.65 Å². The van der Waals surface area contributed by atoms with Gasteiger partial charge in [0.1, 0.15) is 11.5 Å². The van der Waals surface area contributed by atoms with Gasteiger partial charge in [0.25, 0.3) is 0 Å². The number of nitrogens with one attached hydrogen (secondary N) is 1. The van der Waals surface area contributed by atoms with Gasteiger partial charge < -0.3 is 5.32 Å². The minimum absolute atomic E-state index is 0.445. The number of aromatic nitrogens is 2. The normalized spacial score (nSPS) is 17.0. The molecule has 20 heavy (non-hydrogen) atoms. The van der Waals surface area contributed by atoms with E-state index >= 15 is 0 Å². The smallest absolute Gasteiger partial charge is 0.138 e. The van der Waals surface area contributed by atoms with Gasteiger partial charge in [-0.15, -0.1) is 0 Å².